The lowest BCUT2D eigenvalue weighted by Gasteiger charge is -2.51. The van der Waals surface area contributed by atoms with Gasteiger partial charge in [-0.3, -0.25) is 9.59 Å². The van der Waals surface area contributed by atoms with Gasteiger partial charge >= 0.3 is 0 Å². The van der Waals surface area contributed by atoms with E-state index < -0.39 is 17.1 Å². The number of nitrogens with one attached hydrogen (secondary N) is 1. The molecule has 1 aliphatic heterocycles. The molecule has 6 nitrogen and oxygen atoms in total. The molecule has 0 radical (unpaired) electrons. The highest BCUT2D eigenvalue weighted by Crippen LogP contribution is 2.46. The van der Waals surface area contributed by atoms with Crippen molar-refractivity contribution in [1.29, 1.82) is 0 Å². The number of rotatable bonds is 6. The standard InChI is InChI=1S/C26H33ClN2O4/c1-17(2)23(28-22(31)15-18-6-5-7-21(30)14-18)24(32)29-13-12-26(33,25(3,4)16-29)19-8-10-20(27)11-9-19/h5-11,14,17,23,30,33H,12-13,15-16H2,1-4H3,(H,28,31)/t23-,26+/m1/s1. The van der Waals surface area contributed by atoms with Crippen molar-refractivity contribution in [3.05, 3.63) is 64.7 Å². The number of hydrogen-bond donors (Lipinski definition) is 3. The van der Waals surface area contributed by atoms with Crippen LogP contribution in [0.1, 0.15) is 45.2 Å². The third-order valence-corrected chi connectivity index (χ3v) is 6.86. The Morgan fingerprint density at radius 2 is 1.82 bits per heavy atom. The highest BCUT2D eigenvalue weighted by atomic mass is 35.5. The Labute approximate surface area is 200 Å². The second kappa shape index (κ2) is 9.74. The minimum absolute atomic E-state index is 0.0761. The lowest BCUT2D eigenvalue weighted by atomic mass is 9.66. The molecule has 2 aromatic rings. The Bertz CT molecular complexity index is 1010. The van der Waals surface area contributed by atoms with Crippen molar-refractivity contribution in [2.75, 3.05) is 13.1 Å². The van der Waals surface area contributed by atoms with Crippen molar-refractivity contribution < 1.29 is 19.8 Å². The fourth-order valence-corrected chi connectivity index (χ4v) is 4.68. The highest BCUT2D eigenvalue weighted by Gasteiger charge is 2.50. The van der Waals surface area contributed by atoms with Crippen LogP contribution in [-0.4, -0.2) is 46.1 Å². The van der Waals surface area contributed by atoms with Gasteiger partial charge in [0.25, 0.3) is 0 Å². The molecule has 0 unspecified atom stereocenters. The van der Waals surface area contributed by atoms with Crippen LogP contribution >= 0.6 is 11.6 Å². The van der Waals surface area contributed by atoms with Crippen LogP contribution < -0.4 is 5.32 Å². The van der Waals surface area contributed by atoms with Crippen LogP contribution in [0.4, 0.5) is 0 Å². The van der Waals surface area contributed by atoms with Crippen molar-refractivity contribution in [1.82, 2.24) is 10.2 Å². The number of likely N-dealkylation sites (tertiary alicyclic amines) is 1. The van der Waals surface area contributed by atoms with E-state index >= 15 is 0 Å². The molecular weight excluding hydrogens is 440 g/mol. The summed E-state index contributed by atoms with van der Waals surface area (Å²) in [6, 6.07) is 13.0. The van der Waals surface area contributed by atoms with E-state index in [0.29, 0.717) is 30.1 Å². The highest BCUT2D eigenvalue weighted by molar-refractivity contribution is 6.30. The molecular formula is C26H33ClN2O4. The zero-order valence-electron chi connectivity index (χ0n) is 19.6. The van der Waals surface area contributed by atoms with Crippen LogP contribution in [0.2, 0.25) is 5.02 Å². The number of benzene rings is 2. The molecule has 0 bridgehead atoms. The molecule has 1 heterocycles. The summed E-state index contributed by atoms with van der Waals surface area (Å²) in [5.41, 5.74) is -0.249. The van der Waals surface area contributed by atoms with Gasteiger partial charge in [-0.05, 0) is 47.7 Å². The van der Waals surface area contributed by atoms with E-state index in [1.54, 1.807) is 35.2 Å². The van der Waals surface area contributed by atoms with Gasteiger partial charge in [0, 0.05) is 23.5 Å². The quantitative estimate of drug-likeness (QED) is 0.595. The first-order valence-corrected chi connectivity index (χ1v) is 11.7. The predicted molar refractivity (Wildman–Crippen MR) is 129 cm³/mol. The molecule has 3 rings (SSSR count). The molecule has 1 fully saturated rings. The summed E-state index contributed by atoms with van der Waals surface area (Å²) in [7, 11) is 0. The number of aromatic hydroxyl groups is 1. The number of amides is 2. The van der Waals surface area contributed by atoms with Gasteiger partial charge < -0.3 is 20.4 Å². The number of phenols is 1. The van der Waals surface area contributed by atoms with Gasteiger partial charge in [-0.15, -0.1) is 0 Å². The molecule has 2 aromatic carbocycles. The fourth-order valence-electron chi connectivity index (χ4n) is 4.56. The van der Waals surface area contributed by atoms with Crippen LogP contribution in [-0.2, 0) is 21.6 Å². The number of halogens is 1. The zero-order chi connectivity index (χ0) is 24.4. The van der Waals surface area contributed by atoms with Crippen molar-refractivity contribution in [2.45, 2.75) is 52.2 Å². The van der Waals surface area contributed by atoms with Crippen LogP contribution in [0.3, 0.4) is 0 Å². The van der Waals surface area contributed by atoms with E-state index in [9.17, 15) is 19.8 Å². The number of piperidine rings is 1. The smallest absolute Gasteiger partial charge is 0.245 e. The normalized spacial score (nSPS) is 21.0. The summed E-state index contributed by atoms with van der Waals surface area (Å²) < 4.78 is 0. The number of nitrogens with zero attached hydrogens (tertiary/aromatic N) is 1. The molecule has 0 spiro atoms. The van der Waals surface area contributed by atoms with Gasteiger partial charge in [0.15, 0.2) is 0 Å². The Morgan fingerprint density at radius 1 is 1.15 bits per heavy atom. The molecule has 2 atom stereocenters. The van der Waals surface area contributed by atoms with Gasteiger partial charge in [-0.25, -0.2) is 0 Å². The van der Waals surface area contributed by atoms with E-state index in [4.69, 9.17) is 11.6 Å². The summed E-state index contributed by atoms with van der Waals surface area (Å²) in [6.07, 6.45) is 0.460. The maximum absolute atomic E-state index is 13.4. The van der Waals surface area contributed by atoms with Crippen LogP contribution in [0.5, 0.6) is 5.75 Å². The largest absolute Gasteiger partial charge is 0.508 e. The van der Waals surface area contributed by atoms with E-state index in [0.717, 1.165) is 5.56 Å². The number of carbonyl (C=O) groups excluding carboxylic acids is 2. The van der Waals surface area contributed by atoms with E-state index in [2.05, 4.69) is 5.32 Å². The number of aliphatic hydroxyl groups is 1. The van der Waals surface area contributed by atoms with Crippen molar-refractivity contribution in [3.63, 3.8) is 0 Å². The van der Waals surface area contributed by atoms with Gasteiger partial charge in [0.05, 0.1) is 12.0 Å². The van der Waals surface area contributed by atoms with Crippen LogP contribution in [0.15, 0.2) is 48.5 Å². The molecule has 7 heteroatoms. The first-order valence-electron chi connectivity index (χ1n) is 11.3. The fraction of sp³-hybridized carbons (Fsp3) is 0.462. The molecule has 0 aliphatic carbocycles. The summed E-state index contributed by atoms with van der Waals surface area (Å²) >= 11 is 6.02. The Morgan fingerprint density at radius 3 is 2.39 bits per heavy atom. The Hall–Kier alpha value is -2.57. The average molecular weight is 473 g/mol. The Kier molecular flexibility index (Phi) is 7.39. The zero-order valence-corrected chi connectivity index (χ0v) is 20.4. The monoisotopic (exact) mass is 472 g/mol. The molecule has 33 heavy (non-hydrogen) atoms. The summed E-state index contributed by atoms with van der Waals surface area (Å²) in [5.74, 6) is -0.437. The maximum atomic E-state index is 13.4. The molecule has 2 amide bonds. The molecule has 0 aromatic heterocycles. The number of hydrogen-bond acceptors (Lipinski definition) is 4. The summed E-state index contributed by atoms with van der Waals surface area (Å²) in [6.45, 7) is 8.44. The summed E-state index contributed by atoms with van der Waals surface area (Å²) in [5, 5.41) is 24.7. The van der Waals surface area contributed by atoms with Crippen LogP contribution in [0, 0.1) is 11.3 Å². The first-order chi connectivity index (χ1) is 15.4. The summed E-state index contributed by atoms with van der Waals surface area (Å²) in [4.78, 5) is 27.8. The van der Waals surface area contributed by atoms with Crippen molar-refractivity contribution in [3.8, 4) is 5.75 Å². The second-order valence-electron chi connectivity index (χ2n) is 9.90. The third kappa shape index (κ3) is 5.50. The topological polar surface area (TPSA) is 89.9 Å². The number of phenolic OH excluding ortho intramolecular Hbond substituents is 1. The van der Waals surface area contributed by atoms with Crippen molar-refractivity contribution >= 4 is 23.4 Å². The average Bonchev–Trinajstić information content (AvgIpc) is 2.73. The molecule has 178 valence electrons. The van der Waals surface area contributed by atoms with Gasteiger partial charge in [0.1, 0.15) is 11.8 Å². The molecule has 3 N–H and O–H groups in total. The molecule has 0 saturated carbocycles. The number of carbonyl (C=O) groups is 2. The third-order valence-electron chi connectivity index (χ3n) is 6.61. The van der Waals surface area contributed by atoms with Gasteiger partial charge in [-0.2, -0.15) is 0 Å². The van der Waals surface area contributed by atoms with E-state index in [-0.39, 0.29) is 29.9 Å². The van der Waals surface area contributed by atoms with Crippen molar-refractivity contribution in [2.24, 2.45) is 11.3 Å². The van der Waals surface area contributed by atoms with Gasteiger partial charge in [-0.1, -0.05) is 63.6 Å². The lowest BCUT2D eigenvalue weighted by Crippen LogP contribution is -2.60. The SMILES string of the molecule is CC(C)[C@@H](NC(=O)Cc1cccc(O)c1)C(=O)N1CC[C@](O)(c2ccc(Cl)cc2)C(C)(C)C1. The van der Waals surface area contributed by atoms with Crippen LogP contribution in [0.25, 0.3) is 0 Å². The maximum Gasteiger partial charge on any atom is 0.245 e. The first kappa shape index (κ1) is 25.1. The second-order valence-corrected chi connectivity index (χ2v) is 10.3. The minimum atomic E-state index is -1.10. The lowest BCUT2D eigenvalue weighted by molar-refractivity contribution is -0.156. The Balaban J connectivity index is 1.71. The van der Waals surface area contributed by atoms with Gasteiger partial charge in [0.2, 0.25) is 11.8 Å². The predicted octanol–water partition coefficient (Wildman–Crippen LogP) is 3.88. The molecule has 1 saturated heterocycles. The van der Waals surface area contributed by atoms with E-state index in [1.807, 2.05) is 39.8 Å². The minimum Gasteiger partial charge on any atom is -0.508 e. The molecule has 1 aliphatic rings. The van der Waals surface area contributed by atoms with E-state index in [1.165, 1.54) is 6.07 Å².